The topological polar surface area (TPSA) is 400 Å². The zero-order valence-corrected chi connectivity index (χ0v) is 40.6. The van der Waals surface area contributed by atoms with Gasteiger partial charge in [-0.25, -0.2) is 0 Å². The van der Waals surface area contributed by atoms with Gasteiger partial charge in [-0.15, -0.1) is 0 Å². The fourth-order valence-electron chi connectivity index (χ4n) is 6.48. The van der Waals surface area contributed by atoms with Gasteiger partial charge in [0.1, 0.15) is 48.0 Å². The Bertz CT molecular complexity index is 1990. The van der Waals surface area contributed by atoms with Crippen molar-refractivity contribution in [2.75, 3.05) is 25.1 Å². The number of benzene rings is 1. The number of carbonyl (C=O) groups excluding carboxylic acids is 11. The van der Waals surface area contributed by atoms with Crippen molar-refractivity contribution in [1.29, 1.82) is 0 Å². The Kier molecular flexibility index (Phi) is 24.1. The third kappa shape index (κ3) is 19.6. The van der Waals surface area contributed by atoms with E-state index in [1.165, 1.54) is 38.2 Å². The van der Waals surface area contributed by atoms with Gasteiger partial charge in [0.05, 0.1) is 19.0 Å². The highest BCUT2D eigenvalue weighted by atomic mass is 33.1. The molecule has 1 aliphatic heterocycles. The maximum atomic E-state index is 14.2. The number of nitrogens with one attached hydrogen (secondary N) is 7. The Morgan fingerprint density at radius 1 is 0.750 bits per heavy atom. The zero-order valence-electron chi connectivity index (χ0n) is 39.0. The first-order valence-electron chi connectivity index (χ1n) is 21.8. The van der Waals surface area contributed by atoms with Crippen LogP contribution in [0.5, 0.6) is 5.75 Å². The summed E-state index contributed by atoms with van der Waals surface area (Å²) < 4.78 is 0. The molecule has 378 valence electrons. The average Bonchev–Trinajstić information content (AvgIpc) is 3.27. The van der Waals surface area contributed by atoms with E-state index in [0.29, 0.717) is 12.0 Å². The molecule has 1 fully saturated rings. The first kappa shape index (κ1) is 58.0. The quantitative estimate of drug-likeness (QED) is 0.0629. The highest BCUT2D eigenvalue weighted by Crippen LogP contribution is 2.24. The van der Waals surface area contributed by atoms with Gasteiger partial charge in [-0.05, 0) is 49.3 Å². The Labute approximate surface area is 402 Å². The number of rotatable bonds is 18. The number of likely N-dealkylation sites (N-methyl/N-ethyl adjacent to an activating group) is 1. The fourth-order valence-corrected chi connectivity index (χ4v) is 8.75. The molecule has 1 aliphatic rings. The minimum atomic E-state index is -1.77. The van der Waals surface area contributed by atoms with Crippen molar-refractivity contribution < 1.29 is 57.8 Å². The second-order valence-electron chi connectivity index (χ2n) is 16.8. The Morgan fingerprint density at radius 2 is 1.32 bits per heavy atom. The van der Waals surface area contributed by atoms with Crippen LogP contribution < -0.4 is 60.2 Å². The predicted octanol–water partition coefficient (Wildman–Crippen LogP) is -3.75. The van der Waals surface area contributed by atoms with E-state index in [1.54, 1.807) is 27.7 Å². The lowest BCUT2D eigenvalue weighted by Gasteiger charge is -2.31. The van der Waals surface area contributed by atoms with E-state index in [0.717, 1.165) is 26.5 Å². The van der Waals surface area contributed by atoms with E-state index in [-0.39, 0.29) is 36.0 Å². The van der Waals surface area contributed by atoms with Crippen LogP contribution in [-0.2, 0) is 59.2 Å². The second-order valence-corrected chi connectivity index (χ2v) is 19.4. The Hall–Kier alpha value is -6.15. The summed E-state index contributed by atoms with van der Waals surface area (Å²) in [6.07, 6.45) is -1.27. The third-order valence-electron chi connectivity index (χ3n) is 10.8. The smallest absolute Gasteiger partial charge is 0.246 e. The van der Waals surface area contributed by atoms with Crippen LogP contribution in [-0.4, -0.2) is 148 Å². The molecule has 1 heterocycles. The van der Waals surface area contributed by atoms with Gasteiger partial charge in [-0.3, -0.25) is 52.7 Å². The molecule has 1 aromatic rings. The Balaban J connectivity index is 2.62. The standard InChI is InChI=1S/C42H66N12O12S2/c1-7-21(4)34-41(65)48-26(12-13-31(44)56)38(62)51-29(16-32(45)57)39(63)52-30(42(66)54(6)22(5)35(59)49-27(14-20(2)3)37(61)47-17-33(46)58)19-68-67-18-25(43)36(60)50-28(40(64)53-34)15-23-8-10-24(55)11-9-23/h8-11,20-22,25-30,34,55H,7,12-19,43H2,1-6H3,(H2,44,56)(H2,45,57)(H2,46,58)(H,47,61)(H,48,65)(H,49,59)(H,50,60)(H,51,62)(H,52,63)(H,53,64)/t21-,22+,25+,26+,27-,28+,29-,30-,34-/m0/s1. The van der Waals surface area contributed by atoms with Crippen LogP contribution in [0.1, 0.15) is 72.3 Å². The summed E-state index contributed by atoms with van der Waals surface area (Å²) in [6, 6.07) is -5.35. The van der Waals surface area contributed by atoms with Gasteiger partial charge in [-0.1, -0.05) is 67.8 Å². The van der Waals surface area contributed by atoms with Gasteiger partial charge in [-0.2, -0.15) is 0 Å². The molecule has 0 aliphatic carbocycles. The molecule has 0 radical (unpaired) electrons. The molecular formula is C42H66N12O12S2. The van der Waals surface area contributed by atoms with Crippen molar-refractivity contribution in [3.63, 3.8) is 0 Å². The van der Waals surface area contributed by atoms with Crippen molar-refractivity contribution in [3.05, 3.63) is 29.8 Å². The summed E-state index contributed by atoms with van der Waals surface area (Å²) in [5.41, 5.74) is 22.8. The summed E-state index contributed by atoms with van der Waals surface area (Å²) in [5.74, 6) is -10.8. The van der Waals surface area contributed by atoms with Crippen LogP contribution in [0.3, 0.4) is 0 Å². The number of primary amides is 3. The molecule has 0 spiro atoms. The number of nitrogens with two attached hydrogens (primary N) is 4. The van der Waals surface area contributed by atoms with Gasteiger partial charge in [0.2, 0.25) is 65.0 Å². The van der Waals surface area contributed by atoms with Crippen LogP contribution in [0.2, 0.25) is 0 Å². The normalized spacial score (nSPS) is 22.6. The van der Waals surface area contributed by atoms with Gasteiger partial charge in [0, 0.05) is 31.4 Å². The summed E-state index contributed by atoms with van der Waals surface area (Å²) in [7, 11) is 3.25. The SMILES string of the molecule is CC[C@H](C)[C@@H]1NC(=O)[C@@H](Cc2ccc(O)cc2)NC(=O)[C@H](N)CSSC[C@@H](C(=O)N(C)[C@H](C)C(=O)N[C@@H](CC(C)C)C(=O)NCC(N)=O)NC(=O)[C@H](CC(N)=O)NC(=O)[C@@H](CCC(N)=O)NC1=O. The number of phenolic OH excluding ortho intramolecular Hbond substituents is 1. The van der Waals surface area contributed by atoms with Gasteiger partial charge in [0.25, 0.3) is 0 Å². The van der Waals surface area contributed by atoms with Crippen molar-refractivity contribution in [2.45, 2.75) is 121 Å². The van der Waals surface area contributed by atoms with Crippen LogP contribution in [0.15, 0.2) is 24.3 Å². The maximum absolute atomic E-state index is 14.2. The first-order valence-corrected chi connectivity index (χ1v) is 24.3. The average molecular weight is 995 g/mol. The van der Waals surface area contributed by atoms with Crippen molar-refractivity contribution >= 4 is 86.6 Å². The number of hydrogen-bond donors (Lipinski definition) is 12. The van der Waals surface area contributed by atoms with E-state index in [9.17, 15) is 57.8 Å². The van der Waals surface area contributed by atoms with Crippen LogP contribution >= 0.6 is 21.6 Å². The molecule has 0 aromatic heterocycles. The lowest BCUT2D eigenvalue weighted by atomic mass is 9.96. The van der Waals surface area contributed by atoms with Gasteiger partial charge < -0.3 is 70.2 Å². The molecule has 16 N–H and O–H groups in total. The fraction of sp³-hybridized carbons (Fsp3) is 0.595. The molecule has 1 aromatic carbocycles. The molecule has 0 bridgehead atoms. The zero-order chi connectivity index (χ0) is 51.4. The van der Waals surface area contributed by atoms with Crippen LogP contribution in [0, 0.1) is 11.8 Å². The third-order valence-corrected chi connectivity index (χ3v) is 13.2. The number of nitrogens with zero attached hydrogens (tertiary/aromatic N) is 1. The molecule has 0 saturated carbocycles. The van der Waals surface area contributed by atoms with E-state index in [2.05, 4.69) is 37.2 Å². The Morgan fingerprint density at radius 3 is 1.90 bits per heavy atom. The van der Waals surface area contributed by atoms with Crippen molar-refractivity contribution in [1.82, 2.24) is 42.1 Å². The van der Waals surface area contributed by atoms with Crippen LogP contribution in [0.25, 0.3) is 0 Å². The minimum absolute atomic E-state index is 0.0505. The van der Waals surface area contributed by atoms with Crippen LogP contribution in [0.4, 0.5) is 0 Å². The molecule has 9 atom stereocenters. The van der Waals surface area contributed by atoms with Gasteiger partial charge in [0.15, 0.2) is 0 Å². The highest BCUT2D eigenvalue weighted by Gasteiger charge is 2.37. The number of amides is 11. The highest BCUT2D eigenvalue weighted by molar-refractivity contribution is 8.76. The molecular weight excluding hydrogens is 929 g/mol. The minimum Gasteiger partial charge on any atom is -0.508 e. The van der Waals surface area contributed by atoms with E-state index < -0.39 is 145 Å². The van der Waals surface area contributed by atoms with Gasteiger partial charge >= 0.3 is 0 Å². The molecule has 68 heavy (non-hydrogen) atoms. The van der Waals surface area contributed by atoms with Crippen molar-refractivity contribution in [3.8, 4) is 5.75 Å². The molecule has 0 unspecified atom stereocenters. The predicted molar refractivity (Wildman–Crippen MR) is 252 cm³/mol. The molecule has 1 saturated heterocycles. The first-order chi connectivity index (χ1) is 31.8. The summed E-state index contributed by atoms with van der Waals surface area (Å²) in [6.45, 7) is 7.84. The number of phenols is 1. The summed E-state index contributed by atoms with van der Waals surface area (Å²) in [5, 5.41) is 27.4. The molecule has 2 rings (SSSR count). The lowest BCUT2D eigenvalue weighted by Crippen LogP contribution is -2.61. The largest absolute Gasteiger partial charge is 0.508 e. The maximum Gasteiger partial charge on any atom is 0.246 e. The number of hydrogen-bond acceptors (Lipinski definition) is 15. The number of aromatic hydroxyl groups is 1. The molecule has 24 nitrogen and oxygen atoms in total. The van der Waals surface area contributed by atoms with E-state index in [1.807, 2.05) is 0 Å². The molecule has 26 heteroatoms. The summed E-state index contributed by atoms with van der Waals surface area (Å²) in [4.78, 5) is 147. The van der Waals surface area contributed by atoms with E-state index >= 15 is 0 Å². The number of carbonyl (C=O) groups is 11. The second kappa shape index (κ2) is 28.2. The molecule has 11 amide bonds. The van der Waals surface area contributed by atoms with Crippen molar-refractivity contribution in [2.24, 2.45) is 34.8 Å². The van der Waals surface area contributed by atoms with E-state index in [4.69, 9.17) is 22.9 Å². The monoisotopic (exact) mass is 994 g/mol. The summed E-state index contributed by atoms with van der Waals surface area (Å²) >= 11 is 0. The lowest BCUT2D eigenvalue weighted by molar-refractivity contribution is -0.142.